The summed E-state index contributed by atoms with van der Waals surface area (Å²) in [6.07, 6.45) is 6.02. The zero-order chi connectivity index (χ0) is 18.6. The largest absolute Gasteiger partial charge is 0.394 e. The Balaban J connectivity index is 1.91. The Hall–Kier alpha value is -2.19. The van der Waals surface area contributed by atoms with Crippen molar-refractivity contribution < 1.29 is 14.8 Å². The van der Waals surface area contributed by atoms with E-state index in [-0.39, 0.29) is 12.3 Å². The van der Waals surface area contributed by atoms with Gasteiger partial charge in [0.05, 0.1) is 31.3 Å². The zero-order valence-corrected chi connectivity index (χ0v) is 15.0. The molecule has 1 saturated carbocycles. The lowest BCUT2D eigenvalue weighted by Crippen LogP contribution is -2.45. The molecule has 0 aromatic heterocycles. The van der Waals surface area contributed by atoms with Gasteiger partial charge >= 0.3 is 0 Å². The van der Waals surface area contributed by atoms with Crippen molar-refractivity contribution in [3.63, 3.8) is 0 Å². The van der Waals surface area contributed by atoms with E-state index in [0.29, 0.717) is 32.3 Å². The maximum Gasteiger partial charge on any atom is 0.269 e. The standard InChI is InChI=1S/C18H28N4O4/c23-11-13-26-12-10-19-18(21-16-4-2-1-3-5-16)20-14-15-6-8-17(9-7-15)22(24)25/h6-9,16,23H,1-5,10-14H2,(H2,19,20,21). The van der Waals surface area contributed by atoms with Gasteiger partial charge in [-0.1, -0.05) is 31.4 Å². The Morgan fingerprint density at radius 3 is 2.62 bits per heavy atom. The monoisotopic (exact) mass is 364 g/mol. The van der Waals surface area contributed by atoms with Crippen LogP contribution in [-0.2, 0) is 11.3 Å². The van der Waals surface area contributed by atoms with Crippen LogP contribution < -0.4 is 10.6 Å². The average Bonchev–Trinajstić information content (AvgIpc) is 2.67. The molecule has 144 valence electrons. The molecular formula is C18H28N4O4. The van der Waals surface area contributed by atoms with E-state index in [1.165, 1.54) is 31.4 Å². The minimum Gasteiger partial charge on any atom is -0.394 e. The van der Waals surface area contributed by atoms with Crippen molar-refractivity contribution in [2.24, 2.45) is 4.99 Å². The van der Waals surface area contributed by atoms with E-state index in [0.717, 1.165) is 24.4 Å². The number of aliphatic imine (C=N–C) groups is 1. The maximum atomic E-state index is 10.7. The first-order valence-corrected chi connectivity index (χ1v) is 9.16. The van der Waals surface area contributed by atoms with Crippen molar-refractivity contribution in [3.05, 3.63) is 39.9 Å². The number of nitrogens with zero attached hydrogens (tertiary/aromatic N) is 2. The van der Waals surface area contributed by atoms with Crippen LogP contribution in [0.5, 0.6) is 0 Å². The predicted molar refractivity (Wildman–Crippen MR) is 100 cm³/mol. The maximum absolute atomic E-state index is 10.7. The molecule has 1 fully saturated rings. The summed E-state index contributed by atoms with van der Waals surface area (Å²) in [5.41, 5.74) is 0.995. The summed E-state index contributed by atoms with van der Waals surface area (Å²) in [5.74, 6) is 0.725. The normalized spacial score (nSPS) is 15.7. The predicted octanol–water partition coefficient (Wildman–Crippen LogP) is 1.97. The molecule has 0 unspecified atom stereocenters. The van der Waals surface area contributed by atoms with Gasteiger partial charge in [-0.2, -0.15) is 0 Å². The first kappa shape index (κ1) is 20.1. The molecule has 0 radical (unpaired) electrons. The molecule has 1 aromatic carbocycles. The summed E-state index contributed by atoms with van der Waals surface area (Å²) in [7, 11) is 0. The Morgan fingerprint density at radius 1 is 1.23 bits per heavy atom. The van der Waals surface area contributed by atoms with Gasteiger partial charge in [0, 0.05) is 24.7 Å². The highest BCUT2D eigenvalue weighted by molar-refractivity contribution is 5.80. The van der Waals surface area contributed by atoms with Crippen LogP contribution in [0.4, 0.5) is 5.69 Å². The number of nitro benzene ring substituents is 1. The van der Waals surface area contributed by atoms with E-state index in [2.05, 4.69) is 15.6 Å². The van der Waals surface area contributed by atoms with Gasteiger partial charge in [0.2, 0.25) is 0 Å². The number of aliphatic hydroxyl groups excluding tert-OH is 1. The second-order valence-electron chi connectivity index (χ2n) is 6.33. The molecule has 8 heteroatoms. The number of hydrogen-bond donors (Lipinski definition) is 3. The third-order valence-corrected chi connectivity index (χ3v) is 4.29. The number of guanidine groups is 1. The van der Waals surface area contributed by atoms with Gasteiger partial charge in [-0.15, -0.1) is 0 Å². The lowest BCUT2D eigenvalue weighted by atomic mass is 9.96. The first-order chi connectivity index (χ1) is 12.7. The van der Waals surface area contributed by atoms with Crippen LogP contribution in [0.1, 0.15) is 37.7 Å². The highest BCUT2D eigenvalue weighted by atomic mass is 16.6. The van der Waals surface area contributed by atoms with Gasteiger partial charge in [0.1, 0.15) is 0 Å². The van der Waals surface area contributed by atoms with E-state index in [9.17, 15) is 10.1 Å². The summed E-state index contributed by atoms with van der Waals surface area (Å²) < 4.78 is 5.26. The van der Waals surface area contributed by atoms with Crippen LogP contribution in [-0.4, -0.2) is 48.4 Å². The minimum atomic E-state index is -0.406. The molecule has 0 spiro atoms. The number of hydrogen-bond acceptors (Lipinski definition) is 5. The molecule has 1 aliphatic rings. The van der Waals surface area contributed by atoms with Crippen LogP contribution in [0, 0.1) is 10.1 Å². The fraction of sp³-hybridized carbons (Fsp3) is 0.611. The fourth-order valence-corrected chi connectivity index (χ4v) is 2.89. The highest BCUT2D eigenvalue weighted by Gasteiger charge is 2.14. The van der Waals surface area contributed by atoms with Gasteiger partial charge < -0.3 is 20.5 Å². The molecular weight excluding hydrogens is 336 g/mol. The van der Waals surface area contributed by atoms with Crippen molar-refractivity contribution in [1.29, 1.82) is 0 Å². The van der Waals surface area contributed by atoms with Crippen molar-refractivity contribution >= 4 is 11.6 Å². The Kier molecular flexibility index (Phi) is 8.85. The molecule has 0 heterocycles. The Labute approximate surface area is 153 Å². The average molecular weight is 364 g/mol. The van der Waals surface area contributed by atoms with E-state index in [1.807, 2.05) is 0 Å². The topological polar surface area (TPSA) is 109 Å². The van der Waals surface area contributed by atoms with Gasteiger partial charge in [0.25, 0.3) is 5.69 Å². The van der Waals surface area contributed by atoms with Crippen molar-refractivity contribution in [1.82, 2.24) is 10.6 Å². The second-order valence-corrected chi connectivity index (χ2v) is 6.33. The molecule has 0 atom stereocenters. The SMILES string of the molecule is O=[N+]([O-])c1ccc(CN=C(NCCOCCO)NC2CCCCC2)cc1. The number of nitrogens with one attached hydrogen (secondary N) is 2. The number of ether oxygens (including phenoxy) is 1. The van der Waals surface area contributed by atoms with Crippen molar-refractivity contribution in [3.8, 4) is 0 Å². The minimum absolute atomic E-state index is 0.0153. The van der Waals surface area contributed by atoms with E-state index in [4.69, 9.17) is 9.84 Å². The number of nitro groups is 1. The lowest BCUT2D eigenvalue weighted by Gasteiger charge is -2.25. The van der Waals surface area contributed by atoms with Gasteiger partial charge in [-0.25, -0.2) is 4.99 Å². The Morgan fingerprint density at radius 2 is 1.96 bits per heavy atom. The summed E-state index contributed by atoms with van der Waals surface area (Å²) >= 11 is 0. The number of non-ortho nitro benzene ring substituents is 1. The molecule has 2 rings (SSSR count). The molecule has 3 N–H and O–H groups in total. The van der Waals surface area contributed by atoms with E-state index < -0.39 is 4.92 Å². The van der Waals surface area contributed by atoms with Crippen LogP contribution in [0.2, 0.25) is 0 Å². The van der Waals surface area contributed by atoms with Gasteiger partial charge in [0.15, 0.2) is 5.96 Å². The summed E-state index contributed by atoms with van der Waals surface area (Å²) in [5, 5.41) is 26.2. The molecule has 0 saturated heterocycles. The quantitative estimate of drug-likeness (QED) is 0.203. The molecule has 8 nitrogen and oxygen atoms in total. The van der Waals surface area contributed by atoms with Crippen LogP contribution in [0.3, 0.4) is 0 Å². The lowest BCUT2D eigenvalue weighted by molar-refractivity contribution is -0.384. The molecule has 0 aliphatic heterocycles. The molecule has 26 heavy (non-hydrogen) atoms. The third kappa shape index (κ3) is 7.37. The summed E-state index contributed by atoms with van der Waals surface area (Å²) in [6, 6.07) is 6.86. The second kappa shape index (κ2) is 11.4. The molecule has 0 amide bonds. The molecule has 1 aliphatic carbocycles. The van der Waals surface area contributed by atoms with E-state index in [1.54, 1.807) is 12.1 Å². The number of aliphatic hydroxyl groups is 1. The van der Waals surface area contributed by atoms with Crippen molar-refractivity contribution in [2.45, 2.75) is 44.7 Å². The Bertz CT molecular complexity index is 571. The van der Waals surface area contributed by atoms with Crippen molar-refractivity contribution in [2.75, 3.05) is 26.4 Å². The summed E-state index contributed by atoms with van der Waals surface area (Å²) in [4.78, 5) is 14.9. The van der Waals surface area contributed by atoms with E-state index >= 15 is 0 Å². The number of rotatable bonds is 9. The summed E-state index contributed by atoms with van der Waals surface area (Å²) in [6.45, 7) is 1.87. The smallest absolute Gasteiger partial charge is 0.269 e. The van der Waals surface area contributed by atoms with Gasteiger partial charge in [-0.3, -0.25) is 10.1 Å². The fourth-order valence-electron chi connectivity index (χ4n) is 2.89. The molecule has 0 bridgehead atoms. The number of benzene rings is 1. The first-order valence-electron chi connectivity index (χ1n) is 9.16. The molecule has 1 aromatic rings. The highest BCUT2D eigenvalue weighted by Crippen LogP contribution is 2.17. The van der Waals surface area contributed by atoms with Crippen LogP contribution >= 0.6 is 0 Å². The van der Waals surface area contributed by atoms with Gasteiger partial charge in [-0.05, 0) is 18.4 Å². The van der Waals surface area contributed by atoms with Crippen LogP contribution in [0.15, 0.2) is 29.3 Å². The third-order valence-electron chi connectivity index (χ3n) is 4.29. The van der Waals surface area contributed by atoms with Crippen LogP contribution in [0.25, 0.3) is 0 Å². The zero-order valence-electron chi connectivity index (χ0n) is 15.0.